The Labute approximate surface area is 155 Å². The maximum Gasteiger partial charge on any atom is 0.210 e. The molecule has 0 bridgehead atoms. The van der Waals surface area contributed by atoms with Gasteiger partial charge in [0.05, 0.1) is 11.8 Å². The second-order valence-corrected chi connectivity index (χ2v) is 7.28. The Morgan fingerprint density at radius 2 is 1.54 bits per heavy atom. The van der Waals surface area contributed by atoms with Crippen molar-refractivity contribution in [2.75, 3.05) is 0 Å². The lowest BCUT2D eigenvalue weighted by atomic mass is 10.1. The predicted octanol–water partition coefficient (Wildman–Crippen LogP) is 2.95. The predicted molar refractivity (Wildman–Crippen MR) is 98.1 cm³/mol. The summed E-state index contributed by atoms with van der Waals surface area (Å²) in [5.41, 5.74) is 2.59. The van der Waals surface area contributed by atoms with Crippen LogP contribution in [0.1, 0.15) is 5.56 Å². The largest absolute Gasteiger partial charge is 0.870 e. The van der Waals surface area contributed by atoms with E-state index < -0.39 is 0 Å². The van der Waals surface area contributed by atoms with Crippen LogP contribution in [0.25, 0.3) is 16.9 Å². The molecule has 0 unspecified atom stereocenters. The zero-order valence-corrected chi connectivity index (χ0v) is 15.7. The molecule has 118 valence electrons. The number of hydrogen-bond donors (Lipinski definition) is 0. The highest BCUT2D eigenvalue weighted by atomic mass is 79.9. The number of hydrogen-bond acceptors (Lipinski definition) is 1. The average Bonchev–Trinajstić information content (AvgIpc) is 3.16. The molecule has 0 aliphatic rings. The summed E-state index contributed by atoms with van der Waals surface area (Å²) < 4.78 is 5.76. The first kappa shape index (κ1) is 15.4. The van der Waals surface area contributed by atoms with Gasteiger partial charge in [0.15, 0.2) is 0 Å². The van der Waals surface area contributed by atoms with E-state index in [0.29, 0.717) is 10.9 Å². The van der Waals surface area contributed by atoms with E-state index in [1.807, 2.05) is 82.2 Å². The van der Waals surface area contributed by atoms with Gasteiger partial charge in [0.25, 0.3) is 0 Å². The highest BCUT2D eigenvalue weighted by molar-refractivity contribution is 9.10. The lowest BCUT2D eigenvalue weighted by Gasteiger charge is -2.12. The molecule has 0 saturated carbocycles. The van der Waals surface area contributed by atoms with Crippen LogP contribution in [-0.2, 0) is 0 Å². The molecule has 0 atom stereocenters. The van der Waals surface area contributed by atoms with Crippen molar-refractivity contribution in [3.05, 3.63) is 93.0 Å². The fourth-order valence-electron chi connectivity index (χ4n) is 2.77. The van der Waals surface area contributed by atoms with E-state index in [4.69, 9.17) is 0 Å². The molecule has 24 heavy (non-hydrogen) atoms. The van der Waals surface area contributed by atoms with E-state index in [-0.39, 0.29) is 5.76 Å². The summed E-state index contributed by atoms with van der Waals surface area (Å²) in [7, 11) is 0. The quantitative estimate of drug-likeness (QED) is 0.438. The van der Waals surface area contributed by atoms with Crippen LogP contribution in [0.5, 0.6) is 0 Å². The first-order valence-electron chi connectivity index (χ1n) is 7.38. The van der Waals surface area contributed by atoms with Gasteiger partial charge in [-0.05, 0) is 35.4 Å². The standard InChI is InChI=1S/C19H12Br2N2O/c20-15-6-2-13(3-7-15)17-12-22-10-1-11-23(22)18(17)19(24)14-4-8-16(21)9-5-14/h1-12H/b19-18+. The summed E-state index contributed by atoms with van der Waals surface area (Å²) in [5, 5.41) is 13.8. The molecule has 0 radical (unpaired) electrons. The minimum atomic E-state index is -0.000816. The summed E-state index contributed by atoms with van der Waals surface area (Å²) in [6.45, 7) is 0. The fourth-order valence-corrected chi connectivity index (χ4v) is 3.30. The molecule has 0 amide bonds. The molecular weight excluding hydrogens is 432 g/mol. The summed E-state index contributed by atoms with van der Waals surface area (Å²) >= 11 is 6.86. The highest BCUT2D eigenvalue weighted by Crippen LogP contribution is 2.20. The van der Waals surface area contributed by atoms with E-state index in [1.54, 1.807) is 0 Å². The Hall–Kier alpha value is -2.11. The van der Waals surface area contributed by atoms with Crippen molar-refractivity contribution in [3.63, 3.8) is 0 Å². The Bertz CT molecular complexity index is 1070. The first-order valence-corrected chi connectivity index (χ1v) is 8.96. The lowest BCUT2D eigenvalue weighted by molar-refractivity contribution is -0.613. The second-order valence-electron chi connectivity index (χ2n) is 5.45. The molecule has 3 nitrogen and oxygen atoms in total. The van der Waals surface area contributed by atoms with Crippen LogP contribution in [-0.4, -0.2) is 4.52 Å². The molecule has 4 rings (SSSR count). The van der Waals surface area contributed by atoms with Crippen LogP contribution in [0.2, 0.25) is 0 Å². The molecule has 0 spiro atoms. The molecule has 0 N–H and O–H groups in total. The van der Waals surface area contributed by atoms with Gasteiger partial charge >= 0.3 is 0 Å². The molecule has 2 aromatic carbocycles. The van der Waals surface area contributed by atoms with Crippen molar-refractivity contribution in [2.45, 2.75) is 0 Å². The van der Waals surface area contributed by atoms with Crippen LogP contribution in [0.15, 0.2) is 82.1 Å². The molecule has 0 aliphatic carbocycles. The third kappa shape index (κ3) is 2.64. The third-order valence-corrected chi connectivity index (χ3v) is 4.99. The molecule has 4 aromatic rings. The van der Waals surface area contributed by atoms with Gasteiger partial charge in [0.2, 0.25) is 12.4 Å². The minimum Gasteiger partial charge on any atom is -0.870 e. The topological polar surface area (TPSA) is 31.6 Å². The Balaban J connectivity index is 2.04. The zero-order chi connectivity index (χ0) is 16.7. The maximum atomic E-state index is 13.1. The maximum absolute atomic E-state index is 13.1. The Kier molecular flexibility index (Phi) is 3.90. The van der Waals surface area contributed by atoms with Crippen molar-refractivity contribution in [3.8, 4) is 11.1 Å². The van der Waals surface area contributed by atoms with Crippen molar-refractivity contribution in [1.82, 2.24) is 4.52 Å². The fraction of sp³-hybridized carbons (Fsp3) is 0. The van der Waals surface area contributed by atoms with Crippen LogP contribution >= 0.6 is 31.9 Å². The van der Waals surface area contributed by atoms with Crippen LogP contribution < -0.4 is 15.0 Å². The van der Waals surface area contributed by atoms with E-state index >= 15 is 0 Å². The van der Waals surface area contributed by atoms with Gasteiger partial charge in [-0.1, -0.05) is 66.4 Å². The number of benzene rings is 2. The number of nitrogens with zero attached hydrogens (tertiary/aromatic N) is 2. The van der Waals surface area contributed by atoms with Gasteiger partial charge in [0.1, 0.15) is 5.35 Å². The second kappa shape index (κ2) is 6.07. The Morgan fingerprint density at radius 3 is 2.21 bits per heavy atom. The normalized spacial score (nSPS) is 12.6. The molecule has 0 fully saturated rings. The minimum absolute atomic E-state index is 0.000816. The first-order chi connectivity index (χ1) is 11.6. The Morgan fingerprint density at radius 1 is 0.917 bits per heavy atom. The smallest absolute Gasteiger partial charge is 0.210 e. The van der Waals surface area contributed by atoms with Crippen LogP contribution in [0.4, 0.5) is 0 Å². The van der Waals surface area contributed by atoms with Gasteiger partial charge in [-0.3, -0.25) is 0 Å². The van der Waals surface area contributed by atoms with Crippen LogP contribution in [0, 0.1) is 0 Å². The van der Waals surface area contributed by atoms with Crippen molar-refractivity contribution in [1.29, 1.82) is 0 Å². The van der Waals surface area contributed by atoms with Gasteiger partial charge in [0, 0.05) is 15.0 Å². The van der Waals surface area contributed by atoms with E-state index in [0.717, 1.165) is 20.1 Å². The van der Waals surface area contributed by atoms with E-state index in [9.17, 15) is 5.11 Å². The lowest BCUT2D eigenvalue weighted by Crippen LogP contribution is -2.32. The van der Waals surface area contributed by atoms with Crippen LogP contribution in [0.3, 0.4) is 0 Å². The summed E-state index contributed by atoms with van der Waals surface area (Å²) in [6.07, 6.45) is 5.81. The van der Waals surface area contributed by atoms with Gasteiger partial charge in [-0.2, -0.15) is 0 Å². The van der Waals surface area contributed by atoms with E-state index in [2.05, 4.69) is 31.9 Å². The van der Waals surface area contributed by atoms with E-state index in [1.165, 1.54) is 0 Å². The molecule has 0 saturated heterocycles. The number of aromatic nitrogens is 2. The monoisotopic (exact) mass is 442 g/mol. The molecule has 0 aliphatic heterocycles. The summed E-state index contributed by atoms with van der Waals surface area (Å²) in [6, 6.07) is 17.4. The molecular formula is C19H12Br2N2O. The van der Waals surface area contributed by atoms with Crippen molar-refractivity contribution < 1.29 is 9.62 Å². The third-order valence-electron chi connectivity index (χ3n) is 3.94. The summed E-state index contributed by atoms with van der Waals surface area (Å²) in [4.78, 5) is 0. The van der Waals surface area contributed by atoms with Gasteiger partial charge in [-0.15, -0.1) is 4.52 Å². The van der Waals surface area contributed by atoms with Gasteiger partial charge < -0.3 is 5.11 Å². The van der Waals surface area contributed by atoms with Gasteiger partial charge in [-0.25, -0.2) is 0 Å². The molecule has 5 heteroatoms. The number of rotatable bonds is 2. The zero-order valence-electron chi connectivity index (χ0n) is 12.5. The number of halogens is 2. The average molecular weight is 444 g/mol. The summed E-state index contributed by atoms with van der Waals surface area (Å²) in [5.74, 6) is -0.000816. The highest BCUT2D eigenvalue weighted by Gasteiger charge is 2.14. The number of fused-ring (bicyclic) bond motifs is 1. The van der Waals surface area contributed by atoms with Crippen molar-refractivity contribution >= 4 is 37.6 Å². The van der Waals surface area contributed by atoms with Crippen molar-refractivity contribution in [2.24, 2.45) is 0 Å². The SMILES string of the molecule is [O-]/C(c1ccc(Br)cc1)=c1\c(-c2ccc(Br)cc2)c[n+]2cccn12. The molecule has 2 heterocycles. The molecule has 2 aromatic heterocycles.